The van der Waals surface area contributed by atoms with E-state index in [9.17, 15) is 18.4 Å². The summed E-state index contributed by atoms with van der Waals surface area (Å²) >= 11 is 0. The molecular formula is C24H16F2Na4O4. The summed E-state index contributed by atoms with van der Waals surface area (Å²) in [4.78, 5) is 24.5. The number of hydrogen-bond acceptors (Lipinski definition) is 4. The van der Waals surface area contributed by atoms with Crippen molar-refractivity contribution in [3.8, 4) is 24.1 Å². The first-order valence-corrected chi connectivity index (χ1v) is 8.58. The van der Waals surface area contributed by atoms with Gasteiger partial charge in [-0.15, -0.1) is 0 Å². The van der Waals surface area contributed by atoms with Gasteiger partial charge >= 0.3 is 130 Å². The van der Waals surface area contributed by atoms with E-state index in [0.29, 0.717) is 0 Å². The summed E-state index contributed by atoms with van der Waals surface area (Å²) in [5.41, 5.74) is -0.112. The topological polar surface area (TPSA) is 52.6 Å². The maximum absolute atomic E-state index is 13.5. The van der Waals surface area contributed by atoms with Crippen molar-refractivity contribution in [2.24, 2.45) is 0 Å². The van der Waals surface area contributed by atoms with E-state index in [2.05, 4.69) is 24.1 Å². The van der Waals surface area contributed by atoms with Crippen LogP contribution in [0.4, 0.5) is 8.78 Å². The van der Waals surface area contributed by atoms with Gasteiger partial charge in [0, 0.05) is 0 Å². The van der Waals surface area contributed by atoms with E-state index < -0.39 is 23.6 Å². The zero-order valence-corrected chi connectivity index (χ0v) is 15.3. The molecule has 0 bridgehead atoms. The molecule has 3 rings (SSSR count). The van der Waals surface area contributed by atoms with E-state index in [0.717, 1.165) is 0 Å². The van der Waals surface area contributed by atoms with Gasteiger partial charge in [-0.3, -0.25) is 0 Å². The molecule has 0 amide bonds. The maximum atomic E-state index is 13.5. The molecule has 0 aliphatic rings. The van der Waals surface area contributed by atoms with Gasteiger partial charge in [-0.25, -0.2) is 18.4 Å². The fraction of sp³-hybridized carbons (Fsp3) is 0. The summed E-state index contributed by atoms with van der Waals surface area (Å²) < 4.78 is 36.7. The Labute approximate surface area is 284 Å². The molecular weight excluding hydrogens is 482 g/mol. The van der Waals surface area contributed by atoms with Crippen molar-refractivity contribution in [2.45, 2.75) is 0 Å². The van der Waals surface area contributed by atoms with Crippen molar-refractivity contribution in [3.05, 3.63) is 107 Å². The van der Waals surface area contributed by atoms with Gasteiger partial charge in [-0.2, -0.15) is 0 Å². The van der Waals surface area contributed by atoms with Crippen molar-refractivity contribution >= 4 is 130 Å². The van der Waals surface area contributed by atoms with Crippen molar-refractivity contribution in [1.82, 2.24) is 0 Å². The summed E-state index contributed by atoms with van der Waals surface area (Å²) in [5.74, 6) is 1.80. The van der Waals surface area contributed by atoms with Gasteiger partial charge in [0.05, 0.1) is 22.3 Å². The Morgan fingerprint density at radius 1 is 0.559 bits per heavy atom. The Morgan fingerprint density at radius 2 is 0.882 bits per heavy atom. The van der Waals surface area contributed by atoms with E-state index in [-0.39, 0.29) is 140 Å². The van der Waals surface area contributed by atoms with Crippen molar-refractivity contribution in [3.63, 3.8) is 0 Å². The Hall–Kier alpha value is -0.420. The quantitative estimate of drug-likeness (QED) is 0.307. The molecule has 0 fully saturated rings. The summed E-state index contributed by atoms with van der Waals surface area (Å²) in [6.07, 6.45) is 4.23. The first kappa shape index (κ1) is 35.7. The third-order valence-corrected chi connectivity index (χ3v) is 3.77. The molecule has 0 aliphatic carbocycles. The predicted octanol–water partition coefficient (Wildman–Crippen LogP) is 1.70. The average Bonchev–Trinajstić information content (AvgIpc) is 2.76. The fourth-order valence-corrected chi connectivity index (χ4v) is 2.33. The fourth-order valence-electron chi connectivity index (χ4n) is 2.33. The summed E-state index contributed by atoms with van der Waals surface area (Å²) in [5, 5.41) is 0. The van der Waals surface area contributed by atoms with E-state index in [1.165, 1.54) is 60.7 Å². The van der Waals surface area contributed by atoms with Crippen molar-refractivity contribution in [2.75, 3.05) is 0 Å². The van der Waals surface area contributed by atoms with Crippen molar-refractivity contribution in [1.29, 1.82) is 0 Å². The van der Waals surface area contributed by atoms with Crippen LogP contribution < -0.4 is 0 Å². The summed E-state index contributed by atoms with van der Waals surface area (Å²) in [6.45, 7) is 0. The molecule has 0 N–H and O–H groups in total. The van der Waals surface area contributed by atoms with Crippen LogP contribution in [0, 0.1) is 35.7 Å². The molecule has 0 atom stereocenters. The van der Waals surface area contributed by atoms with Gasteiger partial charge in [0.15, 0.2) is 0 Å². The second-order valence-corrected chi connectivity index (χ2v) is 5.74. The number of hydrogen-bond donors (Lipinski definition) is 0. The molecule has 0 aromatic heterocycles. The second kappa shape index (κ2) is 18.8. The number of rotatable bonds is 2. The molecule has 0 saturated carbocycles. The summed E-state index contributed by atoms with van der Waals surface area (Å²) in [6, 6.07) is 17.2. The zero-order chi connectivity index (χ0) is 21.3. The molecule has 0 saturated heterocycles. The molecule has 10 heteroatoms. The minimum absolute atomic E-state index is 0. The molecule has 4 nitrogen and oxygen atoms in total. The average molecular weight is 498 g/mol. The summed E-state index contributed by atoms with van der Waals surface area (Å²) in [7, 11) is 0. The van der Waals surface area contributed by atoms with Gasteiger partial charge < -0.3 is 9.47 Å². The first-order valence-electron chi connectivity index (χ1n) is 8.58. The third-order valence-electron chi connectivity index (χ3n) is 3.77. The first-order chi connectivity index (χ1) is 14.6. The van der Waals surface area contributed by atoms with E-state index in [4.69, 9.17) is 9.47 Å². The van der Waals surface area contributed by atoms with E-state index in [1.54, 1.807) is 12.1 Å². The number of carbonyl (C=O) groups is 2. The monoisotopic (exact) mass is 498 g/mol. The van der Waals surface area contributed by atoms with Crippen LogP contribution in [0.2, 0.25) is 0 Å². The Balaban J connectivity index is 0. The van der Waals surface area contributed by atoms with Gasteiger partial charge in [-0.1, -0.05) is 36.4 Å². The number of benzene rings is 3. The molecule has 3 aromatic rings. The molecule has 0 heterocycles. The number of ether oxygens (including phenoxy) is 2. The van der Waals surface area contributed by atoms with Crippen LogP contribution >= 0.6 is 0 Å². The van der Waals surface area contributed by atoms with Crippen LogP contribution in [0.3, 0.4) is 0 Å². The Morgan fingerprint density at radius 3 is 1.24 bits per heavy atom. The van der Waals surface area contributed by atoms with Crippen LogP contribution in [-0.2, 0) is 9.47 Å². The molecule has 154 valence electrons. The van der Waals surface area contributed by atoms with Crippen molar-refractivity contribution < 1.29 is 27.8 Å². The van der Waals surface area contributed by atoms with Gasteiger partial charge in [-0.05, 0) is 48.2 Å². The number of carbonyl (C=O) groups excluding carboxylic acids is 2. The molecule has 0 radical (unpaired) electrons. The van der Waals surface area contributed by atoms with Crippen LogP contribution in [0.1, 0.15) is 31.8 Å². The molecule has 3 aromatic carbocycles. The Kier molecular flexibility index (Phi) is 19.8. The standard InChI is InChI=1S/C24H12F2O4.4Na.4H/c25-21-11-5-1-7-17(21)13-15-29-23(27)19-9-3-4-10-20(19)24(28)30-16-14-18-8-2-6-12-22(18)26;;;;;;;;/h1-12H;;;;;;;;. The molecule has 0 aliphatic heterocycles. The van der Waals surface area contributed by atoms with Gasteiger partial charge in [0.2, 0.25) is 0 Å². The van der Waals surface area contributed by atoms with E-state index >= 15 is 0 Å². The normalized spacial score (nSPS) is 8.29. The number of halogens is 2. The number of esters is 2. The van der Waals surface area contributed by atoms with Gasteiger partial charge in [0.25, 0.3) is 0 Å². The van der Waals surface area contributed by atoms with Gasteiger partial charge in [0.1, 0.15) is 23.8 Å². The molecule has 34 heavy (non-hydrogen) atoms. The molecule has 0 spiro atoms. The predicted molar refractivity (Wildman–Crippen MR) is 132 cm³/mol. The Bertz CT molecular complexity index is 1150. The van der Waals surface area contributed by atoms with Crippen LogP contribution in [-0.4, -0.2) is 130 Å². The second-order valence-electron chi connectivity index (χ2n) is 5.74. The van der Waals surface area contributed by atoms with Crippen LogP contribution in [0.25, 0.3) is 0 Å². The minimum atomic E-state index is -0.923. The SMILES string of the molecule is O=C(OC#Cc1ccccc1F)c1ccccc1C(=O)OC#Cc1ccccc1F.[NaH].[NaH].[NaH].[NaH]. The third kappa shape index (κ3) is 10.7. The zero-order valence-electron chi connectivity index (χ0n) is 15.3. The molecule has 0 unspecified atom stereocenters. The van der Waals surface area contributed by atoms with Crippen LogP contribution in [0.5, 0.6) is 0 Å². The van der Waals surface area contributed by atoms with Crippen LogP contribution in [0.15, 0.2) is 72.8 Å². The van der Waals surface area contributed by atoms with E-state index in [1.807, 2.05) is 0 Å².